The third kappa shape index (κ3) is 4.03. The molecule has 0 saturated carbocycles. The minimum Gasteiger partial charge on any atom is -0.486 e. The molecule has 0 saturated heterocycles. The van der Waals surface area contributed by atoms with Crippen LogP contribution in [0.4, 0.5) is 0 Å². The fourth-order valence-electron chi connectivity index (χ4n) is 3.07. The lowest BCUT2D eigenvalue weighted by atomic mass is 10.2. The van der Waals surface area contributed by atoms with Crippen LogP contribution in [-0.2, 0) is 16.4 Å². The molecule has 1 aliphatic heterocycles. The maximum Gasteiger partial charge on any atom is 0.206 e. The van der Waals surface area contributed by atoms with E-state index in [1.54, 1.807) is 48.5 Å². The van der Waals surface area contributed by atoms with Crippen molar-refractivity contribution in [3.63, 3.8) is 0 Å². The summed E-state index contributed by atoms with van der Waals surface area (Å²) in [6.07, 6.45) is -0.189. The molecule has 0 spiro atoms. The first kappa shape index (κ1) is 18.5. The van der Waals surface area contributed by atoms with E-state index in [2.05, 4.69) is 17.4 Å². The molecule has 0 radical (unpaired) electrons. The molecular formula is C22H21NO4S. The Labute approximate surface area is 164 Å². The standard InChI is InChI=1S/C22H21NO4S/c24-28(25,19-9-5-2-6-10-19)20-11-12-21-22(13-20)27-18(16-26-21)15-23-14-17-7-3-1-4-8-17/h1-13,18,23H,14-16H2/t18-/m0/s1. The van der Waals surface area contributed by atoms with Gasteiger partial charge in [-0.05, 0) is 29.8 Å². The van der Waals surface area contributed by atoms with Crippen molar-refractivity contribution in [2.75, 3.05) is 13.2 Å². The Kier molecular flexibility index (Phi) is 5.32. The van der Waals surface area contributed by atoms with Gasteiger partial charge in [-0.15, -0.1) is 0 Å². The third-order valence-corrected chi connectivity index (χ3v) is 6.31. The highest BCUT2D eigenvalue weighted by molar-refractivity contribution is 7.91. The van der Waals surface area contributed by atoms with Crippen molar-refractivity contribution in [1.82, 2.24) is 5.32 Å². The second-order valence-corrected chi connectivity index (χ2v) is 8.54. The third-order valence-electron chi connectivity index (χ3n) is 4.54. The molecule has 4 rings (SSSR count). The van der Waals surface area contributed by atoms with Gasteiger partial charge in [-0.25, -0.2) is 8.42 Å². The van der Waals surface area contributed by atoms with Gasteiger partial charge in [0.15, 0.2) is 11.5 Å². The van der Waals surface area contributed by atoms with Crippen LogP contribution in [0.1, 0.15) is 5.56 Å². The molecule has 0 bridgehead atoms. The lowest BCUT2D eigenvalue weighted by molar-refractivity contribution is 0.0898. The zero-order chi connectivity index (χ0) is 19.4. The lowest BCUT2D eigenvalue weighted by Crippen LogP contribution is -2.38. The number of ether oxygens (including phenoxy) is 2. The largest absolute Gasteiger partial charge is 0.486 e. The summed E-state index contributed by atoms with van der Waals surface area (Å²) in [6.45, 7) is 1.75. The number of fused-ring (bicyclic) bond motifs is 1. The van der Waals surface area contributed by atoms with Crippen molar-refractivity contribution in [2.45, 2.75) is 22.4 Å². The van der Waals surface area contributed by atoms with Crippen LogP contribution < -0.4 is 14.8 Å². The molecule has 1 aliphatic rings. The van der Waals surface area contributed by atoms with Crippen LogP contribution in [0, 0.1) is 0 Å². The van der Waals surface area contributed by atoms with E-state index in [1.807, 2.05) is 18.2 Å². The molecule has 3 aromatic carbocycles. The van der Waals surface area contributed by atoms with Crippen molar-refractivity contribution >= 4 is 9.84 Å². The zero-order valence-corrected chi connectivity index (χ0v) is 16.1. The first-order valence-corrected chi connectivity index (χ1v) is 10.6. The minimum absolute atomic E-state index is 0.189. The van der Waals surface area contributed by atoms with Crippen molar-refractivity contribution in [1.29, 1.82) is 0 Å². The first-order chi connectivity index (χ1) is 13.6. The summed E-state index contributed by atoms with van der Waals surface area (Å²) in [5.74, 6) is 1.01. The number of benzene rings is 3. The van der Waals surface area contributed by atoms with E-state index >= 15 is 0 Å². The number of rotatable bonds is 6. The molecule has 0 unspecified atom stereocenters. The lowest BCUT2D eigenvalue weighted by Gasteiger charge is -2.27. The maximum absolute atomic E-state index is 12.8. The van der Waals surface area contributed by atoms with Crippen LogP contribution >= 0.6 is 0 Å². The molecule has 5 nitrogen and oxygen atoms in total. The maximum atomic E-state index is 12.8. The highest BCUT2D eigenvalue weighted by atomic mass is 32.2. The topological polar surface area (TPSA) is 64.6 Å². The van der Waals surface area contributed by atoms with Gasteiger partial charge < -0.3 is 14.8 Å². The summed E-state index contributed by atoms with van der Waals surface area (Å²) in [5.41, 5.74) is 1.19. The molecule has 3 aromatic rings. The monoisotopic (exact) mass is 395 g/mol. The highest BCUT2D eigenvalue weighted by Crippen LogP contribution is 2.35. The van der Waals surface area contributed by atoms with Gasteiger partial charge in [0, 0.05) is 19.2 Å². The van der Waals surface area contributed by atoms with Gasteiger partial charge in [0.05, 0.1) is 9.79 Å². The van der Waals surface area contributed by atoms with Crippen molar-refractivity contribution in [3.05, 3.63) is 84.4 Å². The van der Waals surface area contributed by atoms with Crippen LogP contribution in [0.3, 0.4) is 0 Å². The molecule has 0 amide bonds. The van der Waals surface area contributed by atoms with Gasteiger partial charge >= 0.3 is 0 Å². The number of hydrogen-bond donors (Lipinski definition) is 1. The normalized spacial score (nSPS) is 15.9. The summed E-state index contributed by atoms with van der Waals surface area (Å²) in [6, 6.07) is 23.2. The molecule has 0 aliphatic carbocycles. The second kappa shape index (κ2) is 8.04. The van der Waals surface area contributed by atoms with Crippen LogP contribution in [0.5, 0.6) is 11.5 Å². The average Bonchev–Trinajstić information content (AvgIpc) is 2.74. The minimum atomic E-state index is -3.59. The summed E-state index contributed by atoms with van der Waals surface area (Å²) < 4.78 is 37.4. The molecule has 144 valence electrons. The molecule has 1 heterocycles. The molecular weight excluding hydrogens is 374 g/mol. The molecule has 1 atom stereocenters. The van der Waals surface area contributed by atoms with E-state index in [1.165, 1.54) is 5.56 Å². The van der Waals surface area contributed by atoms with Crippen molar-refractivity contribution in [2.24, 2.45) is 0 Å². The van der Waals surface area contributed by atoms with Gasteiger partial charge in [0.25, 0.3) is 0 Å². The fourth-order valence-corrected chi connectivity index (χ4v) is 4.37. The Hall–Kier alpha value is -2.83. The van der Waals surface area contributed by atoms with Crippen LogP contribution in [0.15, 0.2) is 88.7 Å². The summed E-state index contributed by atoms with van der Waals surface area (Å²) >= 11 is 0. The first-order valence-electron chi connectivity index (χ1n) is 9.11. The zero-order valence-electron chi connectivity index (χ0n) is 15.2. The molecule has 0 aromatic heterocycles. The SMILES string of the molecule is O=S(=O)(c1ccccc1)c1ccc2c(c1)O[C@@H](CNCc1ccccc1)CO2. The summed E-state index contributed by atoms with van der Waals surface area (Å²) in [5, 5.41) is 3.35. The van der Waals surface area contributed by atoms with Crippen molar-refractivity contribution < 1.29 is 17.9 Å². The van der Waals surface area contributed by atoms with Gasteiger partial charge in [-0.1, -0.05) is 48.5 Å². The average molecular weight is 395 g/mol. The molecule has 6 heteroatoms. The Morgan fingerprint density at radius 1 is 0.857 bits per heavy atom. The number of sulfone groups is 1. The Morgan fingerprint density at radius 2 is 1.57 bits per heavy atom. The van der Waals surface area contributed by atoms with Crippen molar-refractivity contribution in [3.8, 4) is 11.5 Å². The van der Waals surface area contributed by atoms with E-state index in [0.717, 1.165) is 6.54 Å². The van der Waals surface area contributed by atoms with Gasteiger partial charge in [-0.2, -0.15) is 0 Å². The highest BCUT2D eigenvalue weighted by Gasteiger charge is 2.24. The predicted octanol–water partition coefficient (Wildman–Crippen LogP) is 3.45. The molecule has 1 N–H and O–H groups in total. The van der Waals surface area contributed by atoms with Crippen LogP contribution in [-0.4, -0.2) is 27.7 Å². The van der Waals surface area contributed by atoms with Crippen LogP contribution in [0.2, 0.25) is 0 Å². The number of hydrogen-bond acceptors (Lipinski definition) is 5. The fraction of sp³-hybridized carbons (Fsp3) is 0.182. The predicted molar refractivity (Wildman–Crippen MR) is 106 cm³/mol. The van der Waals surface area contributed by atoms with E-state index < -0.39 is 9.84 Å². The van der Waals surface area contributed by atoms with E-state index in [0.29, 0.717) is 24.7 Å². The Balaban J connectivity index is 1.45. The Bertz CT molecular complexity index is 1040. The van der Waals surface area contributed by atoms with E-state index in [9.17, 15) is 8.42 Å². The van der Waals surface area contributed by atoms with E-state index in [4.69, 9.17) is 9.47 Å². The number of nitrogens with one attached hydrogen (secondary N) is 1. The summed E-state index contributed by atoms with van der Waals surface area (Å²) in [4.78, 5) is 0.451. The van der Waals surface area contributed by atoms with Crippen LogP contribution in [0.25, 0.3) is 0 Å². The Morgan fingerprint density at radius 3 is 2.32 bits per heavy atom. The molecule has 0 fully saturated rings. The summed E-state index contributed by atoms with van der Waals surface area (Å²) in [7, 11) is -3.59. The second-order valence-electron chi connectivity index (χ2n) is 6.59. The molecule has 28 heavy (non-hydrogen) atoms. The van der Waals surface area contributed by atoms with E-state index in [-0.39, 0.29) is 15.9 Å². The van der Waals surface area contributed by atoms with Gasteiger partial charge in [0.1, 0.15) is 12.7 Å². The smallest absolute Gasteiger partial charge is 0.206 e. The quantitative estimate of drug-likeness (QED) is 0.693. The van der Waals surface area contributed by atoms with Gasteiger partial charge in [0.2, 0.25) is 9.84 Å². The van der Waals surface area contributed by atoms with Gasteiger partial charge in [-0.3, -0.25) is 0 Å².